The summed E-state index contributed by atoms with van der Waals surface area (Å²) in [4.78, 5) is 0. The number of methoxy groups -OCH3 is 1. The van der Waals surface area contributed by atoms with E-state index in [2.05, 4.69) is 0 Å². The van der Waals surface area contributed by atoms with Gasteiger partial charge in [0.1, 0.15) is 0 Å². The Morgan fingerprint density at radius 3 is 2.58 bits per heavy atom. The van der Waals surface area contributed by atoms with Crippen LogP contribution in [-0.4, -0.2) is 7.11 Å². The lowest BCUT2D eigenvalue weighted by atomic mass is 10.2. The van der Waals surface area contributed by atoms with Gasteiger partial charge in [0.25, 0.3) is 0 Å². The molecule has 1 nitrogen and oxygen atoms in total. The minimum Gasteiger partial charge on any atom is -0.492 e. The van der Waals surface area contributed by atoms with E-state index in [0.29, 0.717) is 5.56 Å². The van der Waals surface area contributed by atoms with E-state index in [-0.39, 0.29) is 16.7 Å². The molecule has 1 aromatic carbocycles. The van der Waals surface area contributed by atoms with Crippen molar-refractivity contribution < 1.29 is 9.13 Å². The summed E-state index contributed by atoms with van der Waals surface area (Å²) in [6.07, 6.45) is 0. The van der Waals surface area contributed by atoms with Crippen LogP contribution in [0.25, 0.3) is 0 Å². The second-order valence-corrected chi connectivity index (χ2v) is 2.90. The van der Waals surface area contributed by atoms with Gasteiger partial charge in [-0.15, -0.1) is 11.6 Å². The summed E-state index contributed by atoms with van der Waals surface area (Å²) in [6.45, 7) is 0. The Morgan fingerprint density at radius 1 is 1.50 bits per heavy atom. The van der Waals surface area contributed by atoms with E-state index in [1.54, 1.807) is 6.07 Å². The van der Waals surface area contributed by atoms with Gasteiger partial charge in [-0.05, 0) is 17.7 Å². The molecule has 12 heavy (non-hydrogen) atoms. The zero-order valence-corrected chi connectivity index (χ0v) is 7.92. The van der Waals surface area contributed by atoms with Crippen molar-refractivity contribution in [3.63, 3.8) is 0 Å². The first-order valence-corrected chi connectivity index (χ1v) is 4.18. The minimum absolute atomic E-state index is 0.0607. The van der Waals surface area contributed by atoms with Crippen LogP contribution in [0.4, 0.5) is 4.39 Å². The zero-order chi connectivity index (χ0) is 9.14. The first kappa shape index (κ1) is 9.62. The van der Waals surface area contributed by atoms with E-state index in [4.69, 9.17) is 27.9 Å². The second-order valence-electron chi connectivity index (χ2n) is 2.23. The SMILES string of the molecule is COc1c(F)cc(CCl)cc1Cl. The molecule has 0 amide bonds. The van der Waals surface area contributed by atoms with Gasteiger partial charge in [-0.3, -0.25) is 0 Å². The molecule has 4 heteroatoms. The van der Waals surface area contributed by atoms with Gasteiger partial charge in [0, 0.05) is 5.88 Å². The largest absolute Gasteiger partial charge is 0.492 e. The monoisotopic (exact) mass is 208 g/mol. The average molecular weight is 209 g/mol. The predicted molar refractivity (Wildman–Crippen MR) is 47.5 cm³/mol. The number of hydrogen-bond acceptors (Lipinski definition) is 1. The van der Waals surface area contributed by atoms with Gasteiger partial charge in [0.15, 0.2) is 11.6 Å². The van der Waals surface area contributed by atoms with Gasteiger partial charge in [0.2, 0.25) is 0 Å². The molecular formula is C8H7Cl2FO. The van der Waals surface area contributed by atoms with Gasteiger partial charge >= 0.3 is 0 Å². The van der Waals surface area contributed by atoms with Crippen LogP contribution in [0.1, 0.15) is 5.56 Å². The van der Waals surface area contributed by atoms with E-state index in [9.17, 15) is 4.39 Å². The molecule has 0 saturated heterocycles. The zero-order valence-electron chi connectivity index (χ0n) is 6.40. The van der Waals surface area contributed by atoms with Crippen molar-refractivity contribution in [1.29, 1.82) is 0 Å². The lowest BCUT2D eigenvalue weighted by molar-refractivity contribution is 0.386. The topological polar surface area (TPSA) is 9.23 Å². The van der Waals surface area contributed by atoms with Crippen LogP contribution >= 0.6 is 23.2 Å². The normalized spacial score (nSPS) is 10.0. The fraction of sp³-hybridized carbons (Fsp3) is 0.250. The summed E-state index contributed by atoms with van der Waals surface area (Å²) < 4.78 is 17.8. The Balaban J connectivity index is 3.18. The van der Waals surface area contributed by atoms with E-state index >= 15 is 0 Å². The van der Waals surface area contributed by atoms with Crippen molar-refractivity contribution in [2.45, 2.75) is 5.88 Å². The molecule has 0 N–H and O–H groups in total. The van der Waals surface area contributed by atoms with Crippen molar-refractivity contribution in [3.8, 4) is 5.75 Å². The Bertz CT molecular complexity index is 265. The first-order valence-electron chi connectivity index (χ1n) is 3.27. The molecule has 1 rings (SSSR count). The molecule has 0 bridgehead atoms. The number of halogens is 3. The maximum Gasteiger partial charge on any atom is 0.173 e. The van der Waals surface area contributed by atoms with Crippen molar-refractivity contribution in [3.05, 3.63) is 28.5 Å². The Labute approximate surface area is 80.0 Å². The highest BCUT2D eigenvalue weighted by atomic mass is 35.5. The molecule has 66 valence electrons. The molecule has 0 fully saturated rings. The summed E-state index contributed by atoms with van der Waals surface area (Å²) in [6, 6.07) is 2.88. The second kappa shape index (κ2) is 3.97. The quantitative estimate of drug-likeness (QED) is 0.679. The Morgan fingerprint density at radius 2 is 2.17 bits per heavy atom. The van der Waals surface area contributed by atoms with Crippen molar-refractivity contribution in [2.24, 2.45) is 0 Å². The van der Waals surface area contributed by atoms with Gasteiger partial charge < -0.3 is 4.74 Å². The molecule has 0 atom stereocenters. The fourth-order valence-corrected chi connectivity index (χ4v) is 1.35. The minimum atomic E-state index is -0.486. The van der Waals surface area contributed by atoms with Crippen LogP contribution in [0.3, 0.4) is 0 Å². The molecule has 0 aliphatic heterocycles. The first-order chi connectivity index (χ1) is 5.69. The summed E-state index contributed by atoms with van der Waals surface area (Å²) in [5, 5.41) is 0.244. The highest BCUT2D eigenvalue weighted by Gasteiger charge is 2.08. The number of alkyl halides is 1. The number of benzene rings is 1. The van der Waals surface area contributed by atoms with Crippen molar-refractivity contribution in [2.75, 3.05) is 7.11 Å². The van der Waals surface area contributed by atoms with Crippen LogP contribution in [0, 0.1) is 5.82 Å². The third-order valence-electron chi connectivity index (χ3n) is 1.42. The average Bonchev–Trinajstić information content (AvgIpc) is 2.03. The maximum absolute atomic E-state index is 13.0. The molecule has 1 aromatic rings. The summed E-state index contributed by atoms with van der Waals surface area (Å²) >= 11 is 11.2. The molecule has 0 unspecified atom stereocenters. The summed E-state index contributed by atoms with van der Waals surface area (Å²) in [7, 11) is 1.37. The number of rotatable bonds is 2. The Hall–Kier alpha value is -0.470. The number of ether oxygens (including phenoxy) is 1. The van der Waals surface area contributed by atoms with E-state index in [0.717, 1.165) is 0 Å². The van der Waals surface area contributed by atoms with Crippen LogP contribution in [0.15, 0.2) is 12.1 Å². The molecule has 0 aliphatic carbocycles. The van der Waals surface area contributed by atoms with Crippen LogP contribution < -0.4 is 4.74 Å². The van der Waals surface area contributed by atoms with E-state index in [1.165, 1.54) is 13.2 Å². The van der Waals surface area contributed by atoms with Crippen LogP contribution in [-0.2, 0) is 5.88 Å². The van der Waals surface area contributed by atoms with E-state index in [1.807, 2.05) is 0 Å². The van der Waals surface area contributed by atoms with Gasteiger partial charge in [0.05, 0.1) is 12.1 Å². The molecule has 0 radical (unpaired) electrons. The van der Waals surface area contributed by atoms with Crippen molar-refractivity contribution in [1.82, 2.24) is 0 Å². The maximum atomic E-state index is 13.0. The van der Waals surface area contributed by atoms with Crippen LogP contribution in [0.5, 0.6) is 5.75 Å². The third kappa shape index (κ3) is 1.82. The summed E-state index contributed by atoms with van der Waals surface area (Å²) in [5.74, 6) is -0.188. The third-order valence-corrected chi connectivity index (χ3v) is 2.01. The highest BCUT2D eigenvalue weighted by molar-refractivity contribution is 6.32. The molecule has 0 aliphatic rings. The molecule has 0 saturated carbocycles. The van der Waals surface area contributed by atoms with Gasteiger partial charge in [-0.2, -0.15) is 0 Å². The highest BCUT2D eigenvalue weighted by Crippen LogP contribution is 2.29. The van der Waals surface area contributed by atoms with Gasteiger partial charge in [-0.25, -0.2) is 4.39 Å². The van der Waals surface area contributed by atoms with Crippen molar-refractivity contribution >= 4 is 23.2 Å². The smallest absolute Gasteiger partial charge is 0.173 e. The predicted octanol–water partition coefficient (Wildman–Crippen LogP) is 3.23. The van der Waals surface area contributed by atoms with E-state index < -0.39 is 5.82 Å². The molecule has 0 spiro atoms. The molecule has 0 aromatic heterocycles. The molecule has 0 heterocycles. The Kier molecular flexibility index (Phi) is 3.18. The number of hydrogen-bond donors (Lipinski definition) is 0. The molecular weight excluding hydrogens is 202 g/mol. The summed E-state index contributed by atoms with van der Waals surface area (Å²) in [5.41, 5.74) is 0.639. The standard InChI is InChI=1S/C8H7Cl2FO/c1-12-8-6(10)2-5(4-9)3-7(8)11/h2-3H,4H2,1H3. The fourth-order valence-electron chi connectivity index (χ4n) is 0.885. The lowest BCUT2D eigenvalue weighted by Crippen LogP contribution is -1.91. The van der Waals surface area contributed by atoms with Crippen LogP contribution in [0.2, 0.25) is 5.02 Å². The van der Waals surface area contributed by atoms with Gasteiger partial charge in [-0.1, -0.05) is 11.6 Å². The lowest BCUT2D eigenvalue weighted by Gasteiger charge is -2.05.